The first-order valence-electron chi connectivity index (χ1n) is 6.41. The van der Waals surface area contributed by atoms with E-state index in [1.807, 2.05) is 54.6 Å². The van der Waals surface area contributed by atoms with Crippen LogP contribution in [0.5, 0.6) is 0 Å². The predicted octanol–water partition coefficient (Wildman–Crippen LogP) is 4.27. The largest absolute Gasteiger partial charge is 0.256 e. The molecule has 0 fully saturated rings. The third-order valence-corrected chi connectivity index (χ3v) is 3.89. The molecule has 0 spiro atoms. The van der Waals surface area contributed by atoms with Gasteiger partial charge >= 0.3 is 0 Å². The topological polar surface area (TPSA) is 49.6 Å². The van der Waals surface area contributed by atoms with Crippen LogP contribution in [0, 0.1) is 11.3 Å². The highest BCUT2D eigenvalue weighted by molar-refractivity contribution is 7.15. The highest BCUT2D eigenvalue weighted by Gasteiger charge is 2.06. The van der Waals surface area contributed by atoms with Gasteiger partial charge in [0.25, 0.3) is 0 Å². The van der Waals surface area contributed by atoms with Crippen molar-refractivity contribution in [1.29, 1.82) is 5.26 Å². The maximum absolute atomic E-state index is 9.29. The van der Waals surface area contributed by atoms with Gasteiger partial charge in [-0.2, -0.15) is 5.26 Å². The molecule has 100 valence electrons. The zero-order valence-electron chi connectivity index (χ0n) is 11.1. The first-order valence-corrected chi connectivity index (χ1v) is 7.23. The molecule has 3 rings (SSSR count). The first kappa shape index (κ1) is 13.2. The zero-order valence-corrected chi connectivity index (χ0v) is 11.9. The lowest BCUT2D eigenvalue weighted by Gasteiger charge is -1.96. The van der Waals surface area contributed by atoms with Crippen molar-refractivity contribution in [1.82, 2.24) is 9.97 Å². The Morgan fingerprint density at radius 2 is 1.86 bits per heavy atom. The van der Waals surface area contributed by atoms with Gasteiger partial charge in [-0.25, -0.2) is 4.98 Å². The van der Waals surface area contributed by atoms with E-state index in [0.717, 1.165) is 15.4 Å². The summed E-state index contributed by atoms with van der Waals surface area (Å²) in [4.78, 5) is 9.56. The summed E-state index contributed by atoms with van der Waals surface area (Å²) in [5, 5.41) is 10.2. The van der Waals surface area contributed by atoms with E-state index in [9.17, 15) is 5.26 Å². The molecule has 0 aliphatic heterocycles. The van der Waals surface area contributed by atoms with Gasteiger partial charge in [-0.1, -0.05) is 36.4 Å². The number of allylic oxidation sites excluding steroid dienone is 1. The monoisotopic (exact) mass is 289 g/mol. The molecule has 0 radical (unpaired) electrons. The summed E-state index contributed by atoms with van der Waals surface area (Å²) in [5.41, 5.74) is 2.30. The van der Waals surface area contributed by atoms with Crippen molar-refractivity contribution in [3.05, 3.63) is 71.5 Å². The third kappa shape index (κ3) is 3.04. The minimum Gasteiger partial charge on any atom is -0.256 e. The molecular formula is C17H11N3S. The second-order valence-electron chi connectivity index (χ2n) is 4.32. The Balaban J connectivity index is 1.93. The lowest BCUT2D eigenvalue weighted by Crippen LogP contribution is -1.84. The molecule has 3 aromatic rings. The number of aromatic nitrogens is 2. The number of pyridine rings is 1. The Kier molecular flexibility index (Phi) is 3.85. The van der Waals surface area contributed by atoms with Crippen LogP contribution in [0.2, 0.25) is 0 Å². The van der Waals surface area contributed by atoms with Crippen LogP contribution in [0.4, 0.5) is 0 Å². The Morgan fingerprint density at radius 1 is 1.05 bits per heavy atom. The van der Waals surface area contributed by atoms with Crippen LogP contribution in [-0.2, 0) is 0 Å². The van der Waals surface area contributed by atoms with Gasteiger partial charge in [0, 0.05) is 22.8 Å². The maximum Gasteiger partial charge on any atom is 0.123 e. The van der Waals surface area contributed by atoms with Crippen LogP contribution in [0.1, 0.15) is 10.6 Å². The predicted molar refractivity (Wildman–Crippen MR) is 85.3 cm³/mol. The van der Waals surface area contributed by atoms with E-state index in [-0.39, 0.29) is 0 Å². The lowest BCUT2D eigenvalue weighted by atomic mass is 10.2. The van der Waals surface area contributed by atoms with Crippen molar-refractivity contribution in [3.8, 4) is 16.6 Å². The summed E-state index contributed by atoms with van der Waals surface area (Å²) in [5.74, 6) is 0. The summed E-state index contributed by atoms with van der Waals surface area (Å²) < 4.78 is 0. The van der Waals surface area contributed by atoms with Crippen LogP contribution in [0.15, 0.2) is 60.9 Å². The molecule has 0 saturated heterocycles. The Morgan fingerprint density at radius 3 is 2.57 bits per heavy atom. The number of hydrogen-bond donors (Lipinski definition) is 0. The average Bonchev–Trinajstić information content (AvgIpc) is 3.03. The van der Waals surface area contributed by atoms with Crippen molar-refractivity contribution < 1.29 is 0 Å². The molecule has 0 aliphatic carbocycles. The number of nitrogens with zero attached hydrogens (tertiary/aromatic N) is 3. The molecule has 0 unspecified atom stereocenters. The summed E-state index contributed by atoms with van der Waals surface area (Å²) in [6.07, 6.45) is 5.29. The van der Waals surface area contributed by atoms with Gasteiger partial charge in [-0.15, -0.1) is 11.3 Å². The number of thiazole rings is 1. The van der Waals surface area contributed by atoms with E-state index in [0.29, 0.717) is 11.3 Å². The molecule has 0 saturated carbocycles. The summed E-state index contributed by atoms with van der Waals surface area (Å²) >= 11 is 1.56. The number of hydrogen-bond acceptors (Lipinski definition) is 4. The van der Waals surface area contributed by atoms with Gasteiger partial charge in [0.15, 0.2) is 0 Å². The minimum absolute atomic E-state index is 0.541. The highest BCUT2D eigenvalue weighted by Crippen LogP contribution is 2.27. The van der Waals surface area contributed by atoms with Crippen molar-refractivity contribution in [2.45, 2.75) is 0 Å². The molecule has 1 aromatic carbocycles. The molecule has 0 atom stereocenters. The minimum atomic E-state index is 0.541. The van der Waals surface area contributed by atoms with Crippen molar-refractivity contribution >= 4 is 23.0 Å². The first-order chi connectivity index (χ1) is 10.4. The Labute approximate surface area is 126 Å². The fourth-order valence-electron chi connectivity index (χ4n) is 1.90. The number of nitriles is 1. The number of rotatable bonds is 3. The zero-order chi connectivity index (χ0) is 14.5. The van der Waals surface area contributed by atoms with Crippen molar-refractivity contribution in [3.63, 3.8) is 0 Å². The molecular weight excluding hydrogens is 278 g/mol. The van der Waals surface area contributed by atoms with Gasteiger partial charge in [0.05, 0.1) is 11.3 Å². The van der Waals surface area contributed by atoms with Crippen molar-refractivity contribution in [2.75, 3.05) is 0 Å². The van der Waals surface area contributed by atoms with Gasteiger partial charge in [0.2, 0.25) is 0 Å². The highest BCUT2D eigenvalue weighted by atomic mass is 32.1. The average molecular weight is 289 g/mol. The molecule has 2 heterocycles. The van der Waals surface area contributed by atoms with Gasteiger partial charge in [-0.05, 0) is 18.2 Å². The Hall–Kier alpha value is -2.77. The summed E-state index contributed by atoms with van der Waals surface area (Å²) in [6.45, 7) is 0. The molecule has 2 aromatic heterocycles. The normalized spacial score (nSPS) is 11.1. The van der Waals surface area contributed by atoms with Crippen LogP contribution >= 0.6 is 11.3 Å². The van der Waals surface area contributed by atoms with Crippen LogP contribution in [0.3, 0.4) is 0 Å². The lowest BCUT2D eigenvalue weighted by molar-refractivity contribution is 1.28. The van der Waals surface area contributed by atoms with E-state index in [1.165, 1.54) is 0 Å². The van der Waals surface area contributed by atoms with Crippen molar-refractivity contribution in [2.24, 2.45) is 0 Å². The summed E-state index contributed by atoms with van der Waals surface area (Å²) in [7, 11) is 0. The molecule has 0 bridgehead atoms. The third-order valence-electron chi connectivity index (χ3n) is 2.89. The van der Waals surface area contributed by atoms with E-state index in [4.69, 9.17) is 0 Å². The number of benzene rings is 1. The van der Waals surface area contributed by atoms with E-state index in [2.05, 4.69) is 16.0 Å². The molecule has 4 heteroatoms. The van der Waals surface area contributed by atoms with Crippen LogP contribution in [-0.4, -0.2) is 9.97 Å². The second kappa shape index (κ2) is 6.12. The van der Waals surface area contributed by atoms with Gasteiger partial charge in [-0.3, -0.25) is 4.98 Å². The SMILES string of the molecule is N#CC(=Cc1cnc(-c2ccccc2)s1)c1ccccn1. The standard InChI is InChI=1S/C17H11N3S/c18-11-14(16-8-4-5-9-19-16)10-15-12-20-17(21-15)13-6-2-1-3-7-13/h1-10,12H. The quantitative estimate of drug-likeness (QED) is 0.676. The molecule has 21 heavy (non-hydrogen) atoms. The molecule has 0 N–H and O–H groups in total. The van der Waals surface area contributed by atoms with Gasteiger partial charge < -0.3 is 0 Å². The van der Waals surface area contributed by atoms with E-state index < -0.39 is 0 Å². The molecule has 0 amide bonds. The Bertz CT molecular complexity index is 799. The van der Waals surface area contributed by atoms with Gasteiger partial charge in [0.1, 0.15) is 11.1 Å². The van der Waals surface area contributed by atoms with E-state index in [1.54, 1.807) is 23.7 Å². The van der Waals surface area contributed by atoms with Crippen LogP contribution < -0.4 is 0 Å². The molecule has 0 aliphatic rings. The smallest absolute Gasteiger partial charge is 0.123 e. The fourth-order valence-corrected chi connectivity index (χ4v) is 2.76. The molecule has 3 nitrogen and oxygen atoms in total. The summed E-state index contributed by atoms with van der Waals surface area (Å²) in [6, 6.07) is 17.7. The van der Waals surface area contributed by atoms with Crippen LogP contribution in [0.25, 0.3) is 22.2 Å². The fraction of sp³-hybridized carbons (Fsp3) is 0. The second-order valence-corrected chi connectivity index (χ2v) is 5.38. The maximum atomic E-state index is 9.29. The van der Waals surface area contributed by atoms with E-state index >= 15 is 0 Å².